The second kappa shape index (κ2) is 8.85. The van der Waals surface area contributed by atoms with E-state index >= 15 is 0 Å². The Labute approximate surface area is 157 Å². The van der Waals surface area contributed by atoms with Crippen molar-refractivity contribution in [2.45, 2.75) is 38.5 Å². The molecule has 1 unspecified atom stereocenters. The lowest BCUT2D eigenvalue weighted by molar-refractivity contribution is 0.0224. The normalized spacial score (nSPS) is 33.4. The summed E-state index contributed by atoms with van der Waals surface area (Å²) >= 11 is 0. The molecule has 0 radical (unpaired) electrons. The largest absolute Gasteiger partial charge is 0.493 e. The van der Waals surface area contributed by atoms with Crippen LogP contribution in [0.1, 0.15) is 38.7 Å². The van der Waals surface area contributed by atoms with Crippen molar-refractivity contribution in [1.29, 1.82) is 0 Å². The van der Waals surface area contributed by atoms with Gasteiger partial charge in [-0.2, -0.15) is 0 Å². The molecule has 4 N–H and O–H groups in total. The molecule has 3 rings (SSSR count). The minimum absolute atomic E-state index is 0.121. The van der Waals surface area contributed by atoms with Gasteiger partial charge in [0, 0.05) is 36.1 Å². The summed E-state index contributed by atoms with van der Waals surface area (Å²) in [5.74, 6) is 1.02. The van der Waals surface area contributed by atoms with E-state index in [4.69, 9.17) is 25.3 Å². The van der Waals surface area contributed by atoms with Crippen LogP contribution in [0.5, 0.6) is 5.75 Å². The zero-order valence-electron chi connectivity index (χ0n) is 16.2. The minimum atomic E-state index is -2.75. The van der Waals surface area contributed by atoms with Gasteiger partial charge in [0.2, 0.25) is 0 Å². The Bertz CT molecular complexity index is 616. The lowest BCUT2D eigenvalue weighted by Crippen LogP contribution is -2.41. The molecular weight excluding hydrogens is 351 g/mol. The van der Waals surface area contributed by atoms with E-state index in [1.165, 1.54) is 12.2 Å². The molecule has 6 nitrogen and oxygen atoms in total. The number of benzene rings is 1. The lowest BCUT2D eigenvalue weighted by Gasteiger charge is -2.37. The van der Waals surface area contributed by atoms with Gasteiger partial charge in [-0.3, -0.25) is 4.57 Å². The molecular formula is C19H33N2O4P. The van der Waals surface area contributed by atoms with Crippen LogP contribution in [-0.2, 0) is 19.0 Å². The van der Waals surface area contributed by atoms with Gasteiger partial charge in [-0.1, -0.05) is 32.0 Å². The molecule has 0 saturated carbocycles. The van der Waals surface area contributed by atoms with E-state index in [-0.39, 0.29) is 10.8 Å². The van der Waals surface area contributed by atoms with Crippen LogP contribution < -0.4 is 16.2 Å². The SMILES string of the molecule is CCC1(CN)CCOc2ccccc21.CCC1(CN)COP(C)(=O)OC1. The first-order valence-corrected chi connectivity index (χ1v) is 11.3. The van der Waals surface area contributed by atoms with Crippen molar-refractivity contribution >= 4 is 7.60 Å². The average molecular weight is 384 g/mol. The lowest BCUT2D eigenvalue weighted by atomic mass is 9.74. The molecule has 2 heterocycles. The van der Waals surface area contributed by atoms with Crippen LogP contribution in [0.3, 0.4) is 0 Å². The zero-order valence-corrected chi connectivity index (χ0v) is 17.1. The highest BCUT2D eigenvalue weighted by Crippen LogP contribution is 2.50. The molecule has 0 amide bonds. The first-order chi connectivity index (χ1) is 12.4. The first-order valence-electron chi connectivity index (χ1n) is 9.35. The van der Waals surface area contributed by atoms with Crippen molar-refractivity contribution in [3.05, 3.63) is 29.8 Å². The van der Waals surface area contributed by atoms with E-state index in [2.05, 4.69) is 19.1 Å². The van der Waals surface area contributed by atoms with Gasteiger partial charge in [0.25, 0.3) is 0 Å². The number of fused-ring (bicyclic) bond motifs is 1. The van der Waals surface area contributed by atoms with Gasteiger partial charge in [0.05, 0.1) is 19.8 Å². The van der Waals surface area contributed by atoms with E-state index < -0.39 is 7.60 Å². The van der Waals surface area contributed by atoms with Crippen molar-refractivity contribution < 1.29 is 18.3 Å². The Kier molecular flexibility index (Phi) is 7.28. The molecule has 0 spiro atoms. The summed E-state index contributed by atoms with van der Waals surface area (Å²) in [7, 11) is -2.75. The van der Waals surface area contributed by atoms with Crippen LogP contribution >= 0.6 is 7.60 Å². The van der Waals surface area contributed by atoms with Crippen molar-refractivity contribution in [1.82, 2.24) is 0 Å². The van der Waals surface area contributed by atoms with Crippen LogP contribution in [-0.4, -0.2) is 39.6 Å². The predicted octanol–water partition coefficient (Wildman–Crippen LogP) is 3.29. The quantitative estimate of drug-likeness (QED) is 0.773. The Morgan fingerprint density at radius 3 is 2.27 bits per heavy atom. The van der Waals surface area contributed by atoms with E-state index in [0.29, 0.717) is 26.3 Å². The van der Waals surface area contributed by atoms with Crippen molar-refractivity contribution in [3.63, 3.8) is 0 Å². The van der Waals surface area contributed by atoms with Gasteiger partial charge < -0.3 is 25.3 Å². The highest BCUT2D eigenvalue weighted by Gasteiger charge is 2.37. The van der Waals surface area contributed by atoms with E-state index in [0.717, 1.165) is 31.6 Å². The summed E-state index contributed by atoms with van der Waals surface area (Å²) in [6.07, 6.45) is 3.02. The number of nitrogens with two attached hydrogens (primary N) is 2. The number of para-hydroxylation sites is 1. The maximum absolute atomic E-state index is 11.3. The molecule has 7 heteroatoms. The fourth-order valence-corrected chi connectivity index (χ4v) is 4.39. The summed E-state index contributed by atoms with van der Waals surface area (Å²) in [4.78, 5) is 0. The van der Waals surface area contributed by atoms with E-state index in [1.54, 1.807) is 0 Å². The van der Waals surface area contributed by atoms with Gasteiger partial charge in [-0.25, -0.2) is 0 Å². The van der Waals surface area contributed by atoms with Crippen LogP contribution in [0.4, 0.5) is 0 Å². The van der Waals surface area contributed by atoms with Crippen molar-refractivity contribution in [2.75, 3.05) is 39.6 Å². The molecule has 1 aromatic carbocycles. The summed E-state index contributed by atoms with van der Waals surface area (Å²) < 4.78 is 27.1. The van der Waals surface area contributed by atoms with Gasteiger partial charge in [0.1, 0.15) is 5.75 Å². The Hall–Kier alpha value is -0.910. The summed E-state index contributed by atoms with van der Waals surface area (Å²) in [6, 6.07) is 8.26. The number of ether oxygens (including phenoxy) is 1. The summed E-state index contributed by atoms with van der Waals surface area (Å²) in [5, 5.41) is 0. The molecule has 0 aliphatic carbocycles. The Balaban J connectivity index is 0.000000190. The molecule has 2 aliphatic heterocycles. The molecule has 26 heavy (non-hydrogen) atoms. The number of rotatable bonds is 4. The topological polar surface area (TPSA) is 96.8 Å². The molecule has 1 saturated heterocycles. The number of hydrogen-bond donors (Lipinski definition) is 2. The third-order valence-corrected chi connectivity index (χ3v) is 6.95. The maximum atomic E-state index is 11.3. The molecule has 148 valence electrons. The van der Waals surface area contributed by atoms with Crippen LogP contribution in [0.25, 0.3) is 0 Å². The highest BCUT2D eigenvalue weighted by atomic mass is 31.2. The molecule has 1 fully saturated rings. The smallest absolute Gasteiger partial charge is 0.327 e. The molecule has 0 aromatic heterocycles. The molecule has 1 atom stereocenters. The monoisotopic (exact) mass is 384 g/mol. The van der Waals surface area contributed by atoms with Gasteiger partial charge >= 0.3 is 7.60 Å². The van der Waals surface area contributed by atoms with Gasteiger partial charge in [-0.05, 0) is 25.3 Å². The standard InChI is InChI=1S/C12H17NO.C7H16NO3P/c1-2-12(9-13)7-8-14-11-6-4-3-5-10(11)12;1-3-7(4-8)5-10-12(2,9)11-6-7/h3-6H,2,7-9,13H2,1H3;3-6,8H2,1-2H3. The third-order valence-electron chi connectivity index (χ3n) is 5.76. The van der Waals surface area contributed by atoms with Crippen LogP contribution in [0, 0.1) is 5.41 Å². The average Bonchev–Trinajstić information content (AvgIpc) is 2.69. The van der Waals surface area contributed by atoms with Crippen LogP contribution in [0.15, 0.2) is 24.3 Å². The fraction of sp³-hybridized carbons (Fsp3) is 0.684. The molecule has 2 aliphatic rings. The second-order valence-corrected chi connectivity index (χ2v) is 9.37. The highest BCUT2D eigenvalue weighted by molar-refractivity contribution is 7.53. The maximum Gasteiger partial charge on any atom is 0.327 e. The van der Waals surface area contributed by atoms with Gasteiger partial charge in [0.15, 0.2) is 0 Å². The predicted molar refractivity (Wildman–Crippen MR) is 105 cm³/mol. The Morgan fingerprint density at radius 1 is 1.08 bits per heavy atom. The van der Waals surface area contributed by atoms with E-state index in [1.807, 2.05) is 19.1 Å². The minimum Gasteiger partial charge on any atom is -0.493 e. The third kappa shape index (κ3) is 4.68. The fourth-order valence-electron chi connectivity index (χ4n) is 3.30. The summed E-state index contributed by atoms with van der Waals surface area (Å²) in [5.41, 5.74) is 12.8. The summed E-state index contributed by atoms with van der Waals surface area (Å²) in [6.45, 7) is 8.65. The van der Waals surface area contributed by atoms with Crippen LogP contribution in [0.2, 0.25) is 0 Å². The first kappa shape index (κ1) is 21.4. The van der Waals surface area contributed by atoms with Gasteiger partial charge in [-0.15, -0.1) is 0 Å². The second-order valence-electron chi connectivity index (χ2n) is 7.31. The number of hydrogen-bond acceptors (Lipinski definition) is 6. The molecule has 0 bridgehead atoms. The van der Waals surface area contributed by atoms with Crippen molar-refractivity contribution in [2.24, 2.45) is 16.9 Å². The molecule has 1 aromatic rings. The zero-order chi connectivity index (χ0) is 19.3. The van der Waals surface area contributed by atoms with Crippen molar-refractivity contribution in [3.8, 4) is 5.75 Å². The Morgan fingerprint density at radius 2 is 1.73 bits per heavy atom. The van der Waals surface area contributed by atoms with E-state index in [9.17, 15) is 4.57 Å².